The minimum absolute atomic E-state index is 0.00290. The minimum atomic E-state index is -0.714. The fourth-order valence-corrected chi connectivity index (χ4v) is 5.15. The number of hydrogen-bond acceptors (Lipinski definition) is 5. The van der Waals surface area contributed by atoms with Crippen molar-refractivity contribution in [3.8, 4) is 0 Å². The van der Waals surface area contributed by atoms with Gasteiger partial charge in [0.05, 0.1) is 11.8 Å². The predicted octanol–water partition coefficient (Wildman–Crippen LogP) is 2.11. The van der Waals surface area contributed by atoms with E-state index in [-0.39, 0.29) is 29.8 Å². The number of piperidine rings is 2. The van der Waals surface area contributed by atoms with Crippen molar-refractivity contribution >= 4 is 17.8 Å². The third-order valence-corrected chi connectivity index (χ3v) is 7.22. The Morgan fingerprint density at radius 2 is 1.88 bits per heavy atom. The molecule has 3 aliphatic rings. The molecular weight excluding hydrogens is 408 g/mol. The van der Waals surface area contributed by atoms with Crippen LogP contribution in [0.5, 0.6) is 0 Å². The van der Waals surface area contributed by atoms with E-state index >= 15 is 0 Å². The van der Waals surface area contributed by atoms with Crippen LogP contribution in [-0.2, 0) is 4.79 Å². The van der Waals surface area contributed by atoms with Crippen LogP contribution >= 0.6 is 0 Å². The largest absolute Gasteiger partial charge is 0.339 e. The highest BCUT2D eigenvalue weighted by Crippen LogP contribution is 2.31. The van der Waals surface area contributed by atoms with Crippen molar-refractivity contribution in [3.05, 3.63) is 18.0 Å². The summed E-state index contributed by atoms with van der Waals surface area (Å²) < 4.78 is 1.79. The van der Waals surface area contributed by atoms with E-state index in [0.29, 0.717) is 38.0 Å². The second-order valence-corrected chi connectivity index (χ2v) is 9.81. The highest BCUT2D eigenvalue weighted by molar-refractivity contribution is 6.07. The van der Waals surface area contributed by atoms with Crippen LogP contribution in [0.3, 0.4) is 0 Å². The summed E-state index contributed by atoms with van der Waals surface area (Å²) in [7, 11) is 0. The third kappa shape index (κ3) is 4.40. The van der Waals surface area contributed by atoms with E-state index in [2.05, 4.69) is 22.2 Å². The maximum atomic E-state index is 13.2. The van der Waals surface area contributed by atoms with E-state index in [1.807, 2.05) is 18.7 Å². The highest BCUT2D eigenvalue weighted by Gasteiger charge is 2.52. The van der Waals surface area contributed by atoms with Crippen molar-refractivity contribution < 1.29 is 14.4 Å². The standard InChI is InChI=1S/C23H36N6O3/c1-4-9-26-12-7-23(8-13-26)21(31)28(22(32)25-23)15-18-5-10-27(11-6-18)20(30)19-14-24-29(16-19)17(2)3/h14,16-18H,4-13,15H2,1-3H3,(H,25,32). The van der Waals surface area contributed by atoms with Gasteiger partial charge in [-0.2, -0.15) is 5.10 Å². The van der Waals surface area contributed by atoms with Crippen LogP contribution in [0.15, 0.2) is 12.4 Å². The van der Waals surface area contributed by atoms with Crippen molar-refractivity contribution in [1.82, 2.24) is 29.8 Å². The van der Waals surface area contributed by atoms with E-state index in [9.17, 15) is 14.4 Å². The second-order valence-electron chi connectivity index (χ2n) is 9.81. The molecule has 1 aromatic rings. The van der Waals surface area contributed by atoms with Gasteiger partial charge < -0.3 is 15.1 Å². The fraction of sp³-hybridized carbons (Fsp3) is 0.739. The Morgan fingerprint density at radius 1 is 1.19 bits per heavy atom. The van der Waals surface area contributed by atoms with Crippen molar-refractivity contribution in [2.24, 2.45) is 5.92 Å². The molecule has 1 N–H and O–H groups in total. The number of hydrogen-bond donors (Lipinski definition) is 1. The molecule has 0 bridgehead atoms. The summed E-state index contributed by atoms with van der Waals surface area (Å²) in [4.78, 5) is 44.3. The summed E-state index contributed by atoms with van der Waals surface area (Å²) in [5.41, 5.74) is -0.100. The fourth-order valence-electron chi connectivity index (χ4n) is 5.15. The lowest BCUT2D eigenvalue weighted by Gasteiger charge is -2.37. The Hall–Kier alpha value is -2.42. The molecule has 3 saturated heterocycles. The number of imide groups is 1. The van der Waals surface area contributed by atoms with Crippen LogP contribution in [0.1, 0.15) is 69.3 Å². The van der Waals surface area contributed by atoms with Gasteiger partial charge in [0.15, 0.2) is 0 Å². The Morgan fingerprint density at radius 3 is 2.47 bits per heavy atom. The molecule has 4 rings (SSSR count). The zero-order valence-electron chi connectivity index (χ0n) is 19.5. The molecule has 4 amide bonds. The quantitative estimate of drug-likeness (QED) is 0.679. The van der Waals surface area contributed by atoms with Crippen LogP contribution in [0.2, 0.25) is 0 Å². The zero-order chi connectivity index (χ0) is 22.9. The summed E-state index contributed by atoms with van der Waals surface area (Å²) in [6.07, 6.45) is 7.48. The van der Waals surface area contributed by atoms with Crippen LogP contribution in [0.25, 0.3) is 0 Å². The summed E-state index contributed by atoms with van der Waals surface area (Å²) in [6.45, 7) is 10.7. The molecule has 0 aliphatic carbocycles. The molecular formula is C23H36N6O3. The van der Waals surface area contributed by atoms with Crippen molar-refractivity contribution in [3.63, 3.8) is 0 Å². The molecule has 0 saturated carbocycles. The first-order chi connectivity index (χ1) is 15.3. The molecule has 0 atom stereocenters. The normalized spacial score (nSPS) is 22.2. The van der Waals surface area contributed by atoms with Gasteiger partial charge in [-0.25, -0.2) is 4.79 Å². The Kier molecular flexibility index (Phi) is 6.55. The molecule has 0 radical (unpaired) electrons. The summed E-state index contributed by atoms with van der Waals surface area (Å²) in [5, 5.41) is 7.28. The van der Waals surface area contributed by atoms with Crippen molar-refractivity contribution in [1.29, 1.82) is 0 Å². The van der Waals surface area contributed by atoms with E-state index < -0.39 is 5.54 Å². The van der Waals surface area contributed by atoms with E-state index in [1.54, 1.807) is 17.1 Å². The molecule has 9 heteroatoms. The first-order valence-corrected chi connectivity index (χ1v) is 12.0. The molecule has 176 valence electrons. The van der Waals surface area contributed by atoms with Crippen molar-refractivity contribution in [2.75, 3.05) is 39.3 Å². The summed E-state index contributed by atoms with van der Waals surface area (Å²) in [5.74, 6) is 0.170. The number of amides is 4. The SMILES string of the molecule is CCCN1CCC2(CC1)NC(=O)N(CC1CCN(C(=O)c3cnn(C(C)C)c3)CC1)C2=O. The molecule has 0 aromatic carbocycles. The number of carbonyl (C=O) groups excluding carboxylic acids is 3. The first kappa shape index (κ1) is 22.8. The Bertz CT molecular complexity index is 850. The van der Waals surface area contributed by atoms with Gasteiger partial charge in [-0.15, -0.1) is 0 Å². The molecule has 1 spiro atoms. The van der Waals surface area contributed by atoms with Crippen molar-refractivity contribution in [2.45, 2.75) is 64.5 Å². The monoisotopic (exact) mass is 444 g/mol. The number of likely N-dealkylation sites (tertiary alicyclic amines) is 2. The Balaban J connectivity index is 1.30. The maximum absolute atomic E-state index is 13.2. The lowest BCUT2D eigenvalue weighted by Crippen LogP contribution is -2.55. The van der Waals surface area contributed by atoms with Crippen LogP contribution in [0.4, 0.5) is 4.79 Å². The number of aromatic nitrogens is 2. The molecule has 0 unspecified atom stereocenters. The second kappa shape index (κ2) is 9.21. The van der Waals surface area contributed by atoms with E-state index in [0.717, 1.165) is 38.9 Å². The van der Waals surface area contributed by atoms with Gasteiger partial charge in [0.1, 0.15) is 5.54 Å². The lowest BCUT2D eigenvalue weighted by molar-refractivity contribution is -0.133. The van der Waals surface area contributed by atoms with Gasteiger partial charge >= 0.3 is 6.03 Å². The van der Waals surface area contributed by atoms with E-state index in [1.165, 1.54) is 4.90 Å². The van der Waals surface area contributed by atoms with Gasteiger partial charge in [0.25, 0.3) is 11.8 Å². The molecule has 32 heavy (non-hydrogen) atoms. The van der Waals surface area contributed by atoms with Crippen LogP contribution < -0.4 is 5.32 Å². The first-order valence-electron chi connectivity index (χ1n) is 12.0. The van der Waals surface area contributed by atoms with Gasteiger partial charge in [0.2, 0.25) is 0 Å². The maximum Gasteiger partial charge on any atom is 0.325 e. The van der Waals surface area contributed by atoms with Gasteiger partial charge in [-0.1, -0.05) is 6.92 Å². The molecule has 3 fully saturated rings. The van der Waals surface area contributed by atoms with Crippen LogP contribution in [0, 0.1) is 5.92 Å². The predicted molar refractivity (Wildman–Crippen MR) is 120 cm³/mol. The van der Waals surface area contributed by atoms with Gasteiger partial charge in [-0.3, -0.25) is 19.2 Å². The summed E-state index contributed by atoms with van der Waals surface area (Å²) in [6, 6.07) is -0.0350. The number of nitrogens with zero attached hydrogens (tertiary/aromatic N) is 5. The van der Waals surface area contributed by atoms with E-state index in [4.69, 9.17) is 0 Å². The minimum Gasteiger partial charge on any atom is -0.339 e. The molecule has 4 heterocycles. The Labute approximate surface area is 190 Å². The highest BCUT2D eigenvalue weighted by atomic mass is 16.2. The zero-order valence-corrected chi connectivity index (χ0v) is 19.5. The number of rotatable bonds is 6. The molecule has 1 aromatic heterocycles. The average molecular weight is 445 g/mol. The third-order valence-electron chi connectivity index (χ3n) is 7.22. The number of nitrogens with one attached hydrogen (secondary N) is 1. The molecule has 3 aliphatic heterocycles. The lowest BCUT2D eigenvalue weighted by atomic mass is 9.87. The van der Waals surface area contributed by atoms with Gasteiger partial charge in [0, 0.05) is 45.0 Å². The average Bonchev–Trinajstić information content (AvgIpc) is 3.36. The topological polar surface area (TPSA) is 90.8 Å². The number of urea groups is 1. The van der Waals surface area contributed by atoms with Gasteiger partial charge in [-0.05, 0) is 58.4 Å². The van der Waals surface area contributed by atoms with Crippen LogP contribution in [-0.4, -0.2) is 87.1 Å². The molecule has 9 nitrogen and oxygen atoms in total. The smallest absolute Gasteiger partial charge is 0.325 e. The summed E-state index contributed by atoms with van der Waals surface area (Å²) >= 11 is 0. The number of carbonyl (C=O) groups is 3.